The monoisotopic (exact) mass is 303 g/mol. The third-order valence-corrected chi connectivity index (χ3v) is 3.41. The molecule has 0 saturated carbocycles. The first-order valence-corrected chi connectivity index (χ1v) is 6.71. The zero-order valence-electron chi connectivity index (χ0n) is 9.25. The number of rotatable bonds is 2. The Kier molecular flexibility index (Phi) is 4.11. The van der Waals surface area contributed by atoms with Gasteiger partial charge in [-0.3, -0.25) is 4.90 Å². The molecule has 1 aromatic rings. The van der Waals surface area contributed by atoms with Crippen LogP contribution in [0.25, 0.3) is 0 Å². The van der Waals surface area contributed by atoms with Crippen LogP contribution in [0.3, 0.4) is 0 Å². The first-order chi connectivity index (χ1) is 7.69. The summed E-state index contributed by atoms with van der Waals surface area (Å²) in [6.45, 7) is 1.85. The highest BCUT2D eigenvalue weighted by molar-refractivity contribution is 9.10. The second kappa shape index (κ2) is 5.39. The lowest BCUT2D eigenvalue weighted by Gasteiger charge is -2.19. The molecule has 0 fully saturated rings. The molecule has 2 rings (SSSR count). The summed E-state index contributed by atoms with van der Waals surface area (Å²) >= 11 is 9.27. The largest absolute Gasteiger partial charge is 0.489 e. The Balaban J connectivity index is 2.24. The highest BCUT2D eigenvalue weighted by atomic mass is 79.9. The van der Waals surface area contributed by atoms with Crippen molar-refractivity contribution in [1.82, 2.24) is 4.90 Å². The van der Waals surface area contributed by atoms with Gasteiger partial charge in [0, 0.05) is 29.0 Å². The molecule has 1 unspecified atom stereocenters. The van der Waals surface area contributed by atoms with Crippen molar-refractivity contribution in [3.8, 4) is 5.75 Å². The molecular formula is C12H15BrClNO. The van der Waals surface area contributed by atoms with E-state index in [4.69, 9.17) is 16.3 Å². The number of likely N-dealkylation sites (N-methyl/N-ethyl adjacent to an activating group) is 1. The van der Waals surface area contributed by atoms with E-state index < -0.39 is 0 Å². The first kappa shape index (κ1) is 12.2. The molecule has 2 nitrogen and oxygen atoms in total. The van der Waals surface area contributed by atoms with Gasteiger partial charge in [-0.25, -0.2) is 0 Å². The van der Waals surface area contributed by atoms with Crippen LogP contribution < -0.4 is 4.74 Å². The van der Waals surface area contributed by atoms with Crippen molar-refractivity contribution in [3.63, 3.8) is 0 Å². The topological polar surface area (TPSA) is 12.5 Å². The molecule has 0 spiro atoms. The lowest BCUT2D eigenvalue weighted by molar-refractivity contribution is 0.159. The Hall–Kier alpha value is -0.250. The van der Waals surface area contributed by atoms with Crippen molar-refractivity contribution in [2.24, 2.45) is 0 Å². The molecule has 16 heavy (non-hydrogen) atoms. The number of hydrogen-bond acceptors (Lipinski definition) is 2. The Labute approximate surface area is 110 Å². The number of nitrogens with zero attached hydrogens (tertiary/aromatic N) is 1. The van der Waals surface area contributed by atoms with Gasteiger partial charge in [0.05, 0.1) is 0 Å². The number of hydrogen-bond donors (Lipinski definition) is 0. The molecule has 1 aliphatic heterocycles. The summed E-state index contributed by atoms with van der Waals surface area (Å²) in [5.41, 5.74) is 1.23. The minimum atomic E-state index is 0.199. The molecular weight excluding hydrogens is 289 g/mol. The maximum absolute atomic E-state index is 5.98. The van der Waals surface area contributed by atoms with Crippen molar-refractivity contribution >= 4 is 27.5 Å². The Morgan fingerprint density at radius 2 is 2.38 bits per heavy atom. The molecule has 0 amide bonds. The second-order valence-corrected chi connectivity index (χ2v) is 5.46. The molecule has 0 aliphatic carbocycles. The van der Waals surface area contributed by atoms with Crippen molar-refractivity contribution in [3.05, 3.63) is 28.2 Å². The number of benzene rings is 1. The fourth-order valence-electron chi connectivity index (χ4n) is 1.98. The van der Waals surface area contributed by atoms with Crippen LogP contribution >= 0.6 is 27.5 Å². The van der Waals surface area contributed by atoms with Gasteiger partial charge in [0.2, 0.25) is 0 Å². The van der Waals surface area contributed by atoms with E-state index in [-0.39, 0.29) is 6.10 Å². The van der Waals surface area contributed by atoms with Crippen LogP contribution in [-0.4, -0.2) is 30.5 Å². The predicted molar refractivity (Wildman–Crippen MR) is 70.2 cm³/mol. The quantitative estimate of drug-likeness (QED) is 0.778. The number of halogens is 2. The Morgan fingerprint density at radius 3 is 3.12 bits per heavy atom. The molecule has 1 aromatic carbocycles. The van der Waals surface area contributed by atoms with Crippen LogP contribution in [0.1, 0.15) is 12.0 Å². The van der Waals surface area contributed by atoms with Gasteiger partial charge < -0.3 is 4.74 Å². The summed E-state index contributed by atoms with van der Waals surface area (Å²) < 4.78 is 7.07. The number of ether oxygens (including phenoxy) is 1. The summed E-state index contributed by atoms with van der Waals surface area (Å²) in [6, 6.07) is 6.16. The highest BCUT2D eigenvalue weighted by Gasteiger charge is 2.20. The number of alkyl halides is 1. The van der Waals surface area contributed by atoms with E-state index in [2.05, 4.69) is 33.9 Å². The molecule has 0 aromatic heterocycles. The molecule has 0 radical (unpaired) electrons. The molecule has 88 valence electrons. The van der Waals surface area contributed by atoms with Crippen LogP contribution in [0.2, 0.25) is 0 Å². The fourth-order valence-corrected chi connectivity index (χ4v) is 2.63. The zero-order valence-corrected chi connectivity index (χ0v) is 11.6. The van der Waals surface area contributed by atoms with Gasteiger partial charge in [0.15, 0.2) is 0 Å². The van der Waals surface area contributed by atoms with Gasteiger partial charge in [-0.15, -0.1) is 11.6 Å². The van der Waals surface area contributed by atoms with Gasteiger partial charge >= 0.3 is 0 Å². The molecule has 4 heteroatoms. The molecule has 0 bridgehead atoms. The normalized spacial score (nSPS) is 21.1. The second-order valence-electron chi connectivity index (χ2n) is 4.17. The Bertz CT molecular complexity index is 372. The van der Waals surface area contributed by atoms with Crippen molar-refractivity contribution < 1.29 is 4.74 Å². The van der Waals surface area contributed by atoms with Crippen LogP contribution in [-0.2, 0) is 6.54 Å². The third kappa shape index (κ3) is 2.90. The minimum Gasteiger partial charge on any atom is -0.489 e. The third-order valence-electron chi connectivity index (χ3n) is 2.70. The van der Waals surface area contributed by atoms with Gasteiger partial charge in [-0.1, -0.05) is 15.9 Å². The van der Waals surface area contributed by atoms with Crippen molar-refractivity contribution in [2.45, 2.75) is 19.1 Å². The van der Waals surface area contributed by atoms with Gasteiger partial charge in [0.25, 0.3) is 0 Å². The minimum absolute atomic E-state index is 0.199. The highest BCUT2D eigenvalue weighted by Crippen LogP contribution is 2.28. The van der Waals surface area contributed by atoms with E-state index in [0.29, 0.717) is 5.88 Å². The summed E-state index contributed by atoms with van der Waals surface area (Å²) in [7, 11) is 2.11. The number of fused-ring (bicyclic) bond motifs is 1. The van der Waals surface area contributed by atoms with E-state index in [0.717, 1.165) is 29.7 Å². The van der Waals surface area contributed by atoms with E-state index >= 15 is 0 Å². The smallest absolute Gasteiger partial charge is 0.124 e. The van der Waals surface area contributed by atoms with Crippen LogP contribution in [0.15, 0.2) is 22.7 Å². The van der Waals surface area contributed by atoms with Crippen molar-refractivity contribution in [1.29, 1.82) is 0 Å². The summed E-state index contributed by atoms with van der Waals surface area (Å²) in [4.78, 5) is 2.27. The van der Waals surface area contributed by atoms with Crippen molar-refractivity contribution in [2.75, 3.05) is 19.5 Å². The molecule has 1 heterocycles. The molecule has 1 aliphatic rings. The summed E-state index contributed by atoms with van der Waals surface area (Å²) in [5.74, 6) is 1.63. The standard InChI is InChI=1S/C12H15BrClNO/c1-15-7-9-6-10(13)2-3-12(9)16-11(8-15)4-5-14/h2-3,6,11H,4-5,7-8H2,1H3. The van der Waals surface area contributed by atoms with E-state index in [1.165, 1.54) is 5.56 Å². The van der Waals surface area contributed by atoms with Gasteiger partial charge in [-0.05, 0) is 31.7 Å². The SMILES string of the molecule is CN1Cc2cc(Br)ccc2OC(CCCl)C1. The lowest BCUT2D eigenvalue weighted by Crippen LogP contribution is -2.30. The average molecular weight is 305 g/mol. The van der Waals surface area contributed by atoms with E-state index in [9.17, 15) is 0 Å². The van der Waals surface area contributed by atoms with Gasteiger partial charge in [0.1, 0.15) is 11.9 Å². The van der Waals surface area contributed by atoms with Crippen LogP contribution in [0.5, 0.6) is 5.75 Å². The maximum Gasteiger partial charge on any atom is 0.124 e. The lowest BCUT2D eigenvalue weighted by atomic mass is 10.2. The fraction of sp³-hybridized carbons (Fsp3) is 0.500. The summed E-state index contributed by atoms with van der Waals surface area (Å²) in [5, 5.41) is 0. The first-order valence-electron chi connectivity index (χ1n) is 5.38. The van der Waals surface area contributed by atoms with Gasteiger partial charge in [-0.2, -0.15) is 0 Å². The van der Waals surface area contributed by atoms with E-state index in [1.54, 1.807) is 0 Å². The Morgan fingerprint density at radius 1 is 1.56 bits per heavy atom. The molecule has 0 saturated heterocycles. The molecule has 0 N–H and O–H groups in total. The molecule has 1 atom stereocenters. The van der Waals surface area contributed by atoms with Crippen LogP contribution in [0, 0.1) is 0 Å². The van der Waals surface area contributed by atoms with E-state index in [1.807, 2.05) is 12.1 Å². The average Bonchev–Trinajstić information content (AvgIpc) is 2.36. The van der Waals surface area contributed by atoms with Crippen LogP contribution in [0.4, 0.5) is 0 Å². The predicted octanol–water partition coefficient (Wildman–Crippen LogP) is 3.27. The summed E-state index contributed by atoms with van der Waals surface area (Å²) in [6.07, 6.45) is 1.09. The maximum atomic E-state index is 5.98. The zero-order chi connectivity index (χ0) is 11.5.